The molecule has 0 unspecified atom stereocenters. The molecule has 2 aromatic carbocycles. The standard InChI is InChI=1S/C20H25NO2/c1-14(2)20(17-8-6-5-7-9-17)21-19(22)13-23-18-11-10-15(3)16(4)12-18/h5-12,14,20H,13H2,1-4H3,(H,21,22)/t20-/m0/s1. The van der Waals surface area contributed by atoms with Crippen molar-refractivity contribution in [2.75, 3.05) is 6.61 Å². The molecular weight excluding hydrogens is 286 g/mol. The summed E-state index contributed by atoms with van der Waals surface area (Å²) in [5, 5.41) is 3.07. The Morgan fingerprint density at radius 3 is 2.35 bits per heavy atom. The average molecular weight is 311 g/mol. The number of hydrogen-bond acceptors (Lipinski definition) is 2. The van der Waals surface area contributed by atoms with Gasteiger partial charge in [-0.25, -0.2) is 0 Å². The minimum atomic E-state index is -0.106. The van der Waals surface area contributed by atoms with Crippen LogP contribution in [0.25, 0.3) is 0 Å². The highest BCUT2D eigenvalue weighted by Gasteiger charge is 2.18. The molecule has 0 radical (unpaired) electrons. The molecule has 2 aromatic rings. The first-order chi connectivity index (χ1) is 11.0. The predicted molar refractivity (Wildman–Crippen MR) is 93.6 cm³/mol. The number of carbonyl (C=O) groups excluding carboxylic acids is 1. The van der Waals surface area contributed by atoms with E-state index in [-0.39, 0.29) is 18.6 Å². The highest BCUT2D eigenvalue weighted by molar-refractivity contribution is 5.78. The van der Waals surface area contributed by atoms with Crippen LogP contribution in [0.2, 0.25) is 0 Å². The number of amides is 1. The van der Waals surface area contributed by atoms with Crippen molar-refractivity contribution in [3.63, 3.8) is 0 Å². The van der Waals surface area contributed by atoms with Crippen molar-refractivity contribution in [2.45, 2.75) is 33.7 Å². The second-order valence-electron chi connectivity index (χ2n) is 6.23. The largest absolute Gasteiger partial charge is 0.484 e. The Hall–Kier alpha value is -2.29. The number of nitrogens with one attached hydrogen (secondary N) is 1. The fraction of sp³-hybridized carbons (Fsp3) is 0.350. The van der Waals surface area contributed by atoms with Crippen molar-refractivity contribution in [1.82, 2.24) is 5.32 Å². The molecule has 0 heterocycles. The van der Waals surface area contributed by atoms with Gasteiger partial charge in [0.15, 0.2) is 6.61 Å². The molecule has 122 valence electrons. The second-order valence-corrected chi connectivity index (χ2v) is 6.23. The molecule has 1 N–H and O–H groups in total. The monoisotopic (exact) mass is 311 g/mol. The van der Waals surface area contributed by atoms with Crippen molar-refractivity contribution in [1.29, 1.82) is 0 Å². The Labute approximate surface area is 138 Å². The van der Waals surface area contributed by atoms with Gasteiger partial charge in [-0.3, -0.25) is 4.79 Å². The number of hydrogen-bond donors (Lipinski definition) is 1. The van der Waals surface area contributed by atoms with Gasteiger partial charge in [0.2, 0.25) is 0 Å². The molecule has 0 saturated heterocycles. The Morgan fingerprint density at radius 1 is 1.04 bits per heavy atom. The Kier molecular flexibility index (Phi) is 5.80. The summed E-state index contributed by atoms with van der Waals surface area (Å²) in [7, 11) is 0. The summed E-state index contributed by atoms with van der Waals surface area (Å²) >= 11 is 0. The molecule has 2 rings (SSSR count). The van der Waals surface area contributed by atoms with E-state index in [1.807, 2.05) is 55.5 Å². The summed E-state index contributed by atoms with van der Waals surface area (Å²) in [5.41, 5.74) is 3.49. The van der Waals surface area contributed by atoms with Gasteiger partial charge in [0.05, 0.1) is 6.04 Å². The number of ether oxygens (including phenoxy) is 1. The third-order valence-corrected chi connectivity index (χ3v) is 3.99. The Morgan fingerprint density at radius 2 is 1.74 bits per heavy atom. The molecule has 0 fully saturated rings. The van der Waals surface area contributed by atoms with E-state index in [1.54, 1.807) is 0 Å². The molecule has 0 aliphatic rings. The number of aryl methyl sites for hydroxylation is 2. The zero-order chi connectivity index (χ0) is 16.8. The molecule has 0 bridgehead atoms. The van der Waals surface area contributed by atoms with E-state index >= 15 is 0 Å². The van der Waals surface area contributed by atoms with Crippen LogP contribution >= 0.6 is 0 Å². The van der Waals surface area contributed by atoms with E-state index in [4.69, 9.17) is 4.74 Å². The minimum Gasteiger partial charge on any atom is -0.484 e. The normalized spacial score (nSPS) is 12.0. The lowest BCUT2D eigenvalue weighted by Crippen LogP contribution is -2.35. The summed E-state index contributed by atoms with van der Waals surface area (Å²) in [4.78, 5) is 12.2. The van der Waals surface area contributed by atoms with Crippen molar-refractivity contribution in [2.24, 2.45) is 5.92 Å². The van der Waals surface area contributed by atoms with Gasteiger partial charge >= 0.3 is 0 Å². The zero-order valence-corrected chi connectivity index (χ0v) is 14.3. The Bertz CT molecular complexity index is 650. The molecule has 0 aliphatic heterocycles. The number of rotatable bonds is 6. The fourth-order valence-electron chi connectivity index (χ4n) is 2.46. The summed E-state index contributed by atoms with van der Waals surface area (Å²) < 4.78 is 5.61. The van der Waals surface area contributed by atoms with Gasteiger partial charge in [-0.15, -0.1) is 0 Å². The van der Waals surface area contributed by atoms with Gasteiger partial charge in [-0.2, -0.15) is 0 Å². The summed E-state index contributed by atoms with van der Waals surface area (Å²) in [6.07, 6.45) is 0. The van der Waals surface area contributed by atoms with Gasteiger partial charge in [-0.05, 0) is 48.6 Å². The molecular formula is C20H25NO2. The van der Waals surface area contributed by atoms with Crippen LogP contribution in [0.3, 0.4) is 0 Å². The average Bonchev–Trinajstić information content (AvgIpc) is 2.54. The molecule has 0 saturated carbocycles. The van der Waals surface area contributed by atoms with Crippen LogP contribution < -0.4 is 10.1 Å². The van der Waals surface area contributed by atoms with Gasteiger partial charge < -0.3 is 10.1 Å². The van der Waals surface area contributed by atoms with Crippen LogP contribution in [0, 0.1) is 19.8 Å². The first kappa shape index (κ1) is 17.1. The third-order valence-electron chi connectivity index (χ3n) is 3.99. The molecule has 3 heteroatoms. The maximum Gasteiger partial charge on any atom is 0.258 e. The number of benzene rings is 2. The quantitative estimate of drug-likeness (QED) is 0.868. The summed E-state index contributed by atoms with van der Waals surface area (Å²) in [6.45, 7) is 8.31. The molecule has 0 aromatic heterocycles. The Balaban J connectivity index is 1.95. The predicted octanol–water partition coefficient (Wildman–Crippen LogP) is 4.20. The highest BCUT2D eigenvalue weighted by atomic mass is 16.5. The van der Waals surface area contributed by atoms with Crippen molar-refractivity contribution in [3.05, 3.63) is 65.2 Å². The van der Waals surface area contributed by atoms with Crippen LogP contribution in [0.5, 0.6) is 5.75 Å². The van der Waals surface area contributed by atoms with Crippen LogP contribution in [0.4, 0.5) is 0 Å². The third kappa shape index (κ3) is 4.85. The van der Waals surface area contributed by atoms with E-state index in [0.717, 1.165) is 16.9 Å². The number of carbonyl (C=O) groups is 1. The molecule has 23 heavy (non-hydrogen) atoms. The van der Waals surface area contributed by atoms with Crippen LogP contribution in [-0.4, -0.2) is 12.5 Å². The molecule has 3 nitrogen and oxygen atoms in total. The lowest BCUT2D eigenvalue weighted by Gasteiger charge is -2.23. The van der Waals surface area contributed by atoms with Crippen LogP contribution in [0.15, 0.2) is 48.5 Å². The van der Waals surface area contributed by atoms with E-state index in [2.05, 4.69) is 26.1 Å². The molecule has 0 aliphatic carbocycles. The second kappa shape index (κ2) is 7.82. The summed E-state index contributed by atoms with van der Waals surface area (Å²) in [6, 6.07) is 15.9. The summed E-state index contributed by atoms with van der Waals surface area (Å²) in [5.74, 6) is 0.929. The first-order valence-corrected chi connectivity index (χ1v) is 8.01. The fourth-order valence-corrected chi connectivity index (χ4v) is 2.46. The van der Waals surface area contributed by atoms with Gasteiger partial charge in [0, 0.05) is 0 Å². The maximum absolute atomic E-state index is 12.2. The smallest absolute Gasteiger partial charge is 0.258 e. The highest BCUT2D eigenvalue weighted by Crippen LogP contribution is 2.21. The lowest BCUT2D eigenvalue weighted by molar-refractivity contribution is -0.124. The van der Waals surface area contributed by atoms with Crippen molar-refractivity contribution >= 4 is 5.91 Å². The van der Waals surface area contributed by atoms with Crippen LogP contribution in [-0.2, 0) is 4.79 Å². The zero-order valence-electron chi connectivity index (χ0n) is 14.3. The van der Waals surface area contributed by atoms with Crippen molar-refractivity contribution < 1.29 is 9.53 Å². The molecule has 0 spiro atoms. The van der Waals surface area contributed by atoms with Crippen molar-refractivity contribution in [3.8, 4) is 5.75 Å². The van der Waals surface area contributed by atoms with E-state index in [9.17, 15) is 4.79 Å². The van der Waals surface area contributed by atoms with E-state index < -0.39 is 0 Å². The van der Waals surface area contributed by atoms with E-state index in [1.165, 1.54) is 5.56 Å². The maximum atomic E-state index is 12.2. The minimum absolute atomic E-state index is 0.00736. The topological polar surface area (TPSA) is 38.3 Å². The van der Waals surface area contributed by atoms with Gasteiger partial charge in [-0.1, -0.05) is 50.2 Å². The first-order valence-electron chi connectivity index (χ1n) is 8.01. The molecule has 1 amide bonds. The van der Waals surface area contributed by atoms with Gasteiger partial charge in [0.1, 0.15) is 5.75 Å². The van der Waals surface area contributed by atoms with E-state index in [0.29, 0.717) is 5.92 Å². The van der Waals surface area contributed by atoms with Gasteiger partial charge in [0.25, 0.3) is 5.91 Å². The molecule has 1 atom stereocenters. The SMILES string of the molecule is Cc1ccc(OCC(=O)N[C@H](c2ccccc2)C(C)C)cc1C. The lowest BCUT2D eigenvalue weighted by atomic mass is 9.96. The van der Waals surface area contributed by atoms with Crippen LogP contribution in [0.1, 0.15) is 36.6 Å².